The van der Waals surface area contributed by atoms with Gasteiger partial charge in [-0.15, -0.1) is 0 Å². The molecule has 29 heavy (non-hydrogen) atoms. The first kappa shape index (κ1) is 18.6. The number of amides is 1. The van der Waals surface area contributed by atoms with Crippen LogP contribution in [0.25, 0.3) is 16.7 Å². The van der Waals surface area contributed by atoms with E-state index in [4.69, 9.17) is 4.42 Å². The lowest BCUT2D eigenvalue weighted by atomic mass is 10.2. The monoisotopic (exact) mass is 410 g/mol. The molecule has 10 heteroatoms. The van der Waals surface area contributed by atoms with Gasteiger partial charge in [-0.05, 0) is 30.3 Å². The zero-order chi connectivity index (χ0) is 20.6. The molecule has 0 unspecified atom stereocenters. The molecule has 2 heterocycles. The van der Waals surface area contributed by atoms with Gasteiger partial charge in [0.15, 0.2) is 5.69 Å². The van der Waals surface area contributed by atoms with Crippen molar-refractivity contribution in [3.63, 3.8) is 0 Å². The van der Waals surface area contributed by atoms with Gasteiger partial charge in [-0.3, -0.25) is 4.79 Å². The van der Waals surface area contributed by atoms with E-state index in [0.29, 0.717) is 9.69 Å². The SMILES string of the molecule is CC(=O)N(c1ccc2cc(-n3cncn3)c(=O)oc2c1)S(=O)(=O)c1ccccc1. The van der Waals surface area contributed by atoms with E-state index in [1.54, 1.807) is 30.3 Å². The maximum atomic E-state index is 13.0. The van der Waals surface area contributed by atoms with Crippen molar-refractivity contribution < 1.29 is 17.6 Å². The van der Waals surface area contributed by atoms with E-state index in [2.05, 4.69) is 10.1 Å². The second kappa shape index (κ2) is 6.99. The van der Waals surface area contributed by atoms with Crippen LogP contribution in [0.2, 0.25) is 0 Å². The summed E-state index contributed by atoms with van der Waals surface area (Å²) < 4.78 is 33.2. The fourth-order valence-electron chi connectivity index (χ4n) is 2.90. The second-order valence-electron chi connectivity index (χ2n) is 6.08. The summed E-state index contributed by atoms with van der Waals surface area (Å²) in [5.74, 6) is -0.699. The highest BCUT2D eigenvalue weighted by molar-refractivity contribution is 7.93. The molecular weight excluding hydrogens is 396 g/mol. The molecule has 2 aromatic heterocycles. The van der Waals surface area contributed by atoms with E-state index in [1.165, 1.54) is 41.6 Å². The van der Waals surface area contributed by atoms with Crippen LogP contribution in [-0.4, -0.2) is 29.1 Å². The molecule has 146 valence electrons. The quantitative estimate of drug-likeness (QED) is 0.473. The van der Waals surface area contributed by atoms with Gasteiger partial charge in [-0.2, -0.15) is 5.10 Å². The predicted molar refractivity (Wildman–Crippen MR) is 104 cm³/mol. The molecule has 0 aliphatic heterocycles. The summed E-state index contributed by atoms with van der Waals surface area (Å²) in [4.78, 5) is 28.3. The zero-order valence-electron chi connectivity index (χ0n) is 15.1. The van der Waals surface area contributed by atoms with Gasteiger partial charge in [-0.25, -0.2) is 27.2 Å². The minimum Gasteiger partial charge on any atom is -0.421 e. The van der Waals surface area contributed by atoms with Gasteiger partial charge >= 0.3 is 5.63 Å². The van der Waals surface area contributed by atoms with E-state index < -0.39 is 21.6 Å². The van der Waals surface area contributed by atoms with Gasteiger partial charge in [0.1, 0.15) is 18.2 Å². The maximum Gasteiger partial charge on any atom is 0.362 e. The van der Waals surface area contributed by atoms with E-state index in [-0.39, 0.29) is 21.9 Å². The normalized spacial score (nSPS) is 11.5. The van der Waals surface area contributed by atoms with Gasteiger partial charge < -0.3 is 4.42 Å². The minimum absolute atomic E-state index is 0.0294. The number of hydrogen-bond acceptors (Lipinski definition) is 7. The number of hydrogen-bond donors (Lipinski definition) is 0. The van der Waals surface area contributed by atoms with Gasteiger partial charge in [0.25, 0.3) is 10.0 Å². The molecule has 0 aliphatic carbocycles. The number of fused-ring (bicyclic) bond motifs is 1. The maximum absolute atomic E-state index is 13.0. The Morgan fingerprint density at radius 1 is 1.10 bits per heavy atom. The number of aromatic nitrogens is 3. The molecule has 2 aromatic carbocycles. The second-order valence-corrected chi connectivity index (χ2v) is 7.87. The third-order valence-corrected chi connectivity index (χ3v) is 5.99. The van der Waals surface area contributed by atoms with E-state index in [0.717, 1.165) is 6.92 Å². The standard InChI is InChI=1S/C19H14N4O5S/c1-13(24)23(29(26,27)16-5-3-2-4-6-16)15-8-7-14-9-17(22-12-20-11-21-22)19(25)28-18(14)10-15/h2-12H,1H3. The summed E-state index contributed by atoms with van der Waals surface area (Å²) in [5, 5.41) is 4.43. The Balaban J connectivity index is 1.85. The summed E-state index contributed by atoms with van der Waals surface area (Å²) >= 11 is 0. The lowest BCUT2D eigenvalue weighted by molar-refractivity contribution is -0.115. The highest BCUT2D eigenvalue weighted by Crippen LogP contribution is 2.27. The molecule has 0 atom stereocenters. The lowest BCUT2D eigenvalue weighted by Gasteiger charge is -2.21. The van der Waals surface area contributed by atoms with Crippen LogP contribution >= 0.6 is 0 Å². The zero-order valence-corrected chi connectivity index (χ0v) is 15.9. The Morgan fingerprint density at radius 2 is 1.86 bits per heavy atom. The molecule has 0 saturated heterocycles. The van der Waals surface area contributed by atoms with Crippen molar-refractivity contribution in [1.29, 1.82) is 0 Å². The van der Waals surface area contributed by atoms with Gasteiger partial charge in [0.2, 0.25) is 5.91 Å². The summed E-state index contributed by atoms with van der Waals surface area (Å²) in [6, 6.07) is 13.5. The van der Waals surface area contributed by atoms with Gasteiger partial charge in [0, 0.05) is 18.4 Å². The Hall–Kier alpha value is -3.79. The molecule has 0 bridgehead atoms. The number of carbonyl (C=O) groups is 1. The van der Waals surface area contributed by atoms with Crippen molar-refractivity contribution in [1.82, 2.24) is 14.8 Å². The van der Waals surface area contributed by atoms with Crippen molar-refractivity contribution in [2.45, 2.75) is 11.8 Å². The molecular formula is C19H14N4O5S. The van der Waals surface area contributed by atoms with Crippen molar-refractivity contribution in [3.05, 3.63) is 77.7 Å². The molecule has 4 rings (SSSR count). The first-order valence-electron chi connectivity index (χ1n) is 8.42. The highest BCUT2D eigenvalue weighted by Gasteiger charge is 2.29. The number of benzene rings is 2. The van der Waals surface area contributed by atoms with Gasteiger partial charge in [-0.1, -0.05) is 18.2 Å². The predicted octanol–water partition coefficient (Wildman–Crippen LogP) is 2.12. The van der Waals surface area contributed by atoms with Crippen molar-refractivity contribution in [3.8, 4) is 5.69 Å². The molecule has 0 saturated carbocycles. The Labute approximate surface area is 164 Å². The van der Waals surface area contributed by atoms with E-state index in [1.807, 2.05) is 0 Å². The highest BCUT2D eigenvalue weighted by atomic mass is 32.2. The smallest absolute Gasteiger partial charge is 0.362 e. The molecule has 0 fully saturated rings. The van der Waals surface area contributed by atoms with Crippen molar-refractivity contribution in [2.75, 3.05) is 4.31 Å². The fourth-order valence-corrected chi connectivity index (χ4v) is 4.34. The van der Waals surface area contributed by atoms with Crippen molar-refractivity contribution >= 4 is 32.6 Å². The minimum atomic E-state index is -4.13. The largest absolute Gasteiger partial charge is 0.421 e. The first-order chi connectivity index (χ1) is 13.9. The fraction of sp³-hybridized carbons (Fsp3) is 0.0526. The molecule has 1 amide bonds. The average Bonchev–Trinajstić information content (AvgIpc) is 3.22. The Morgan fingerprint density at radius 3 is 2.52 bits per heavy atom. The lowest BCUT2D eigenvalue weighted by Crippen LogP contribution is -2.35. The van der Waals surface area contributed by atoms with Crippen LogP contribution in [0.1, 0.15) is 6.92 Å². The summed E-state index contributed by atoms with van der Waals surface area (Å²) in [5.41, 5.74) is -0.333. The van der Waals surface area contributed by atoms with Crippen LogP contribution in [0.15, 0.2) is 81.4 Å². The topological polar surface area (TPSA) is 115 Å². The van der Waals surface area contributed by atoms with Crippen LogP contribution in [0, 0.1) is 0 Å². The molecule has 0 radical (unpaired) electrons. The van der Waals surface area contributed by atoms with E-state index in [9.17, 15) is 18.0 Å². The summed E-state index contributed by atoms with van der Waals surface area (Å²) in [6.07, 6.45) is 2.64. The molecule has 0 spiro atoms. The number of nitrogens with zero attached hydrogens (tertiary/aromatic N) is 4. The van der Waals surface area contributed by atoms with E-state index >= 15 is 0 Å². The van der Waals surface area contributed by atoms with Crippen molar-refractivity contribution in [2.24, 2.45) is 0 Å². The third-order valence-electron chi connectivity index (χ3n) is 4.17. The number of rotatable bonds is 4. The molecule has 9 nitrogen and oxygen atoms in total. The number of carbonyl (C=O) groups excluding carboxylic acids is 1. The Bertz CT molecular complexity index is 1360. The van der Waals surface area contributed by atoms with Crippen LogP contribution in [0.5, 0.6) is 0 Å². The molecule has 0 N–H and O–H groups in total. The first-order valence-corrected chi connectivity index (χ1v) is 9.86. The van der Waals surface area contributed by atoms with Crippen LogP contribution in [0.3, 0.4) is 0 Å². The number of anilines is 1. The Kier molecular flexibility index (Phi) is 4.47. The van der Waals surface area contributed by atoms with Gasteiger partial charge in [0.05, 0.1) is 10.6 Å². The van der Waals surface area contributed by atoms with Crippen LogP contribution in [0.4, 0.5) is 5.69 Å². The van der Waals surface area contributed by atoms with Crippen LogP contribution < -0.4 is 9.93 Å². The summed E-state index contributed by atoms with van der Waals surface area (Å²) in [6.45, 7) is 1.15. The van der Waals surface area contributed by atoms with Crippen LogP contribution in [-0.2, 0) is 14.8 Å². The third kappa shape index (κ3) is 3.29. The molecule has 4 aromatic rings. The number of sulfonamides is 1. The summed E-state index contributed by atoms with van der Waals surface area (Å²) in [7, 11) is -4.13. The average molecular weight is 410 g/mol. The molecule has 0 aliphatic rings.